The number of aliphatic hydroxyl groups excluding tert-OH is 1. The van der Waals surface area contributed by atoms with Crippen molar-refractivity contribution in [3.05, 3.63) is 21.6 Å². The van der Waals surface area contributed by atoms with E-state index in [-0.39, 0.29) is 23.2 Å². The van der Waals surface area contributed by atoms with Gasteiger partial charge in [0.2, 0.25) is 0 Å². The van der Waals surface area contributed by atoms with Crippen LogP contribution in [0.5, 0.6) is 0 Å². The lowest BCUT2D eigenvalue weighted by molar-refractivity contribution is 0.149. The Morgan fingerprint density at radius 1 is 1.62 bits per heavy atom. The minimum atomic E-state index is -0.403. The molecule has 0 spiro atoms. The maximum Gasteiger partial charge on any atom is 0.287 e. The smallest absolute Gasteiger partial charge is 0.287 e. The second-order valence-corrected chi connectivity index (χ2v) is 6.86. The van der Waals surface area contributed by atoms with Gasteiger partial charge in [0.15, 0.2) is 0 Å². The highest BCUT2D eigenvalue weighted by Gasteiger charge is 2.35. The Balaban J connectivity index is 2.30. The molecule has 5 nitrogen and oxygen atoms in total. The van der Waals surface area contributed by atoms with Crippen LogP contribution in [-0.4, -0.2) is 27.0 Å². The van der Waals surface area contributed by atoms with Crippen LogP contribution in [0, 0.1) is 5.92 Å². The van der Waals surface area contributed by atoms with Crippen LogP contribution < -0.4 is 10.9 Å². The largest absolute Gasteiger partial charge is 0.394 e. The minimum Gasteiger partial charge on any atom is -0.394 e. The summed E-state index contributed by atoms with van der Waals surface area (Å²) >= 11 is 6.20. The van der Waals surface area contributed by atoms with Gasteiger partial charge in [-0.3, -0.25) is 4.79 Å². The molecular weight excluding hydrogens is 290 g/mol. The maximum absolute atomic E-state index is 12.2. The Morgan fingerprint density at radius 3 is 2.90 bits per heavy atom. The standard InChI is InChI=1S/C15H24ClN3O2/c1-10(2)19-14(21)13(16)12(8-17-19)18-15(9-20)6-4-5-11(3)7-15/h8,10-11,18,20H,4-7,9H2,1-3H3. The summed E-state index contributed by atoms with van der Waals surface area (Å²) < 4.78 is 1.36. The Morgan fingerprint density at radius 2 is 2.33 bits per heavy atom. The van der Waals surface area contributed by atoms with Gasteiger partial charge < -0.3 is 10.4 Å². The van der Waals surface area contributed by atoms with E-state index < -0.39 is 5.54 Å². The van der Waals surface area contributed by atoms with Crippen molar-refractivity contribution in [1.82, 2.24) is 9.78 Å². The quantitative estimate of drug-likeness (QED) is 0.897. The van der Waals surface area contributed by atoms with Crippen molar-refractivity contribution in [3.8, 4) is 0 Å². The van der Waals surface area contributed by atoms with E-state index in [4.69, 9.17) is 11.6 Å². The molecule has 6 heteroatoms. The molecule has 0 amide bonds. The van der Waals surface area contributed by atoms with Gasteiger partial charge in [0.05, 0.1) is 30.1 Å². The Bertz CT molecular complexity index is 558. The first-order valence-corrected chi connectivity index (χ1v) is 7.93. The van der Waals surface area contributed by atoms with Gasteiger partial charge in [-0.1, -0.05) is 31.4 Å². The molecule has 0 bridgehead atoms. The van der Waals surface area contributed by atoms with Crippen LogP contribution >= 0.6 is 11.6 Å². The average Bonchev–Trinajstić information content (AvgIpc) is 2.44. The zero-order valence-corrected chi connectivity index (χ0v) is 13.7. The molecule has 0 aromatic carbocycles. The molecule has 1 aliphatic rings. The van der Waals surface area contributed by atoms with Gasteiger partial charge in [-0.05, 0) is 32.6 Å². The lowest BCUT2D eigenvalue weighted by atomic mass is 9.76. The number of halogens is 1. The fraction of sp³-hybridized carbons (Fsp3) is 0.733. The molecule has 2 N–H and O–H groups in total. The highest BCUT2D eigenvalue weighted by Crippen LogP contribution is 2.35. The molecule has 1 aliphatic carbocycles. The molecular formula is C15H24ClN3O2. The molecule has 1 aromatic heterocycles. The summed E-state index contributed by atoms with van der Waals surface area (Å²) in [6.45, 7) is 5.98. The number of nitrogens with zero attached hydrogens (tertiary/aromatic N) is 2. The average molecular weight is 314 g/mol. The van der Waals surface area contributed by atoms with Crippen molar-refractivity contribution in [1.29, 1.82) is 0 Å². The predicted octanol–water partition coefficient (Wildman–Crippen LogP) is 2.83. The molecule has 2 atom stereocenters. The summed E-state index contributed by atoms with van der Waals surface area (Å²) in [5.74, 6) is 0.543. The second kappa shape index (κ2) is 6.36. The van der Waals surface area contributed by atoms with Crippen LogP contribution in [0.25, 0.3) is 0 Å². The van der Waals surface area contributed by atoms with Gasteiger partial charge in [0, 0.05) is 0 Å². The summed E-state index contributed by atoms with van der Waals surface area (Å²) in [6.07, 6.45) is 5.55. The molecule has 1 aromatic rings. The van der Waals surface area contributed by atoms with E-state index in [2.05, 4.69) is 17.3 Å². The monoisotopic (exact) mass is 313 g/mol. The number of rotatable bonds is 4. The van der Waals surface area contributed by atoms with Crippen molar-refractivity contribution in [2.45, 2.75) is 58.0 Å². The van der Waals surface area contributed by atoms with Gasteiger partial charge in [0.1, 0.15) is 5.02 Å². The normalized spacial score (nSPS) is 26.1. The predicted molar refractivity (Wildman–Crippen MR) is 85.0 cm³/mol. The lowest BCUT2D eigenvalue weighted by Gasteiger charge is -2.40. The number of nitrogens with one attached hydrogen (secondary N) is 1. The van der Waals surface area contributed by atoms with Gasteiger partial charge in [0.25, 0.3) is 5.56 Å². The van der Waals surface area contributed by atoms with Gasteiger partial charge in [-0.2, -0.15) is 5.10 Å². The number of hydrogen-bond donors (Lipinski definition) is 2. The highest BCUT2D eigenvalue weighted by atomic mass is 35.5. The molecule has 2 rings (SSSR count). The van der Waals surface area contributed by atoms with E-state index in [1.165, 1.54) is 11.1 Å². The Kier molecular flexibility index (Phi) is 4.94. The second-order valence-electron chi connectivity index (χ2n) is 6.48. The molecule has 0 radical (unpaired) electrons. The molecule has 0 aliphatic heterocycles. The van der Waals surface area contributed by atoms with E-state index in [0.29, 0.717) is 11.6 Å². The molecule has 21 heavy (non-hydrogen) atoms. The zero-order valence-electron chi connectivity index (χ0n) is 12.9. The molecule has 2 unspecified atom stereocenters. The highest BCUT2D eigenvalue weighted by molar-refractivity contribution is 6.32. The molecule has 1 saturated carbocycles. The maximum atomic E-state index is 12.2. The van der Waals surface area contributed by atoms with Crippen LogP contribution in [-0.2, 0) is 0 Å². The molecule has 0 saturated heterocycles. The number of anilines is 1. The molecule has 1 heterocycles. The van der Waals surface area contributed by atoms with Gasteiger partial charge in [-0.25, -0.2) is 4.68 Å². The Hall–Kier alpha value is -1.07. The summed E-state index contributed by atoms with van der Waals surface area (Å²) in [5, 5.41) is 17.4. The summed E-state index contributed by atoms with van der Waals surface area (Å²) in [7, 11) is 0. The number of hydrogen-bond acceptors (Lipinski definition) is 4. The van der Waals surface area contributed by atoms with Crippen LogP contribution in [0.2, 0.25) is 5.02 Å². The van der Waals surface area contributed by atoms with Crippen molar-refractivity contribution in [2.24, 2.45) is 5.92 Å². The van der Waals surface area contributed by atoms with Gasteiger partial charge >= 0.3 is 0 Å². The zero-order chi connectivity index (χ0) is 15.6. The van der Waals surface area contributed by atoms with Crippen LogP contribution in [0.3, 0.4) is 0 Å². The van der Waals surface area contributed by atoms with Crippen molar-refractivity contribution in [3.63, 3.8) is 0 Å². The first-order valence-electron chi connectivity index (χ1n) is 7.55. The fourth-order valence-corrected chi connectivity index (χ4v) is 3.32. The van der Waals surface area contributed by atoms with Crippen LogP contribution in [0.1, 0.15) is 52.5 Å². The van der Waals surface area contributed by atoms with Crippen LogP contribution in [0.4, 0.5) is 5.69 Å². The van der Waals surface area contributed by atoms with Crippen molar-refractivity contribution < 1.29 is 5.11 Å². The summed E-state index contributed by atoms with van der Waals surface area (Å²) in [6, 6.07) is -0.0365. The molecule has 1 fully saturated rings. The lowest BCUT2D eigenvalue weighted by Crippen LogP contribution is -2.46. The minimum absolute atomic E-state index is 0.0287. The van der Waals surface area contributed by atoms with E-state index in [1.54, 1.807) is 6.20 Å². The van der Waals surface area contributed by atoms with E-state index >= 15 is 0 Å². The van der Waals surface area contributed by atoms with E-state index in [0.717, 1.165) is 19.3 Å². The van der Waals surface area contributed by atoms with Crippen molar-refractivity contribution >= 4 is 17.3 Å². The Labute approximate surface area is 130 Å². The fourth-order valence-electron chi connectivity index (χ4n) is 3.14. The third-order valence-corrected chi connectivity index (χ3v) is 4.59. The van der Waals surface area contributed by atoms with Gasteiger partial charge in [-0.15, -0.1) is 0 Å². The SMILES string of the molecule is CC1CCCC(CO)(Nc2cnn(C(C)C)c(=O)c2Cl)C1. The third kappa shape index (κ3) is 3.40. The van der Waals surface area contributed by atoms with E-state index in [9.17, 15) is 9.90 Å². The summed E-state index contributed by atoms with van der Waals surface area (Å²) in [5.41, 5.74) is -0.185. The van der Waals surface area contributed by atoms with E-state index in [1.807, 2.05) is 13.8 Å². The van der Waals surface area contributed by atoms with Crippen molar-refractivity contribution in [2.75, 3.05) is 11.9 Å². The van der Waals surface area contributed by atoms with Crippen LogP contribution in [0.15, 0.2) is 11.0 Å². The molecule has 118 valence electrons. The topological polar surface area (TPSA) is 67.2 Å². The first-order chi connectivity index (χ1) is 9.88. The number of aliphatic hydroxyl groups is 1. The summed E-state index contributed by atoms with van der Waals surface area (Å²) in [4.78, 5) is 12.2. The third-order valence-electron chi connectivity index (χ3n) is 4.23. The first kappa shape index (κ1) is 16.3. The number of aromatic nitrogens is 2.